The number of hydrogen-bond acceptors (Lipinski definition) is 7. The van der Waals surface area contributed by atoms with E-state index in [0.717, 1.165) is 5.56 Å². The number of hydrogen-bond donors (Lipinski definition) is 3. The number of H-pyrrole nitrogens is 1. The molecule has 1 aromatic heterocycles. The third kappa shape index (κ3) is 5.43. The Hall–Kier alpha value is -3.79. The van der Waals surface area contributed by atoms with Gasteiger partial charge in [-0.1, -0.05) is 40.0 Å². The first-order chi connectivity index (χ1) is 15.1. The summed E-state index contributed by atoms with van der Waals surface area (Å²) < 4.78 is 5.40. The topological polar surface area (TPSA) is 125 Å². The van der Waals surface area contributed by atoms with Gasteiger partial charge in [-0.05, 0) is 42.0 Å². The van der Waals surface area contributed by atoms with E-state index in [9.17, 15) is 9.59 Å². The van der Waals surface area contributed by atoms with E-state index in [0.29, 0.717) is 31.1 Å². The Morgan fingerprint density at radius 3 is 2.68 bits per heavy atom. The third-order valence-electron chi connectivity index (χ3n) is 5.00. The number of piperazine rings is 1. The van der Waals surface area contributed by atoms with Crippen molar-refractivity contribution in [1.82, 2.24) is 30.8 Å². The molecule has 2 heterocycles. The van der Waals surface area contributed by atoms with Gasteiger partial charge in [0.05, 0.1) is 12.5 Å². The molecule has 10 heteroatoms. The Morgan fingerprint density at radius 2 is 1.97 bits per heavy atom. The highest BCUT2D eigenvalue weighted by Crippen LogP contribution is 2.20. The maximum Gasteiger partial charge on any atom is 0.361 e. The first-order valence-electron chi connectivity index (χ1n) is 9.95. The van der Waals surface area contributed by atoms with Crippen LogP contribution < -0.4 is 15.4 Å². The lowest BCUT2D eigenvalue weighted by Crippen LogP contribution is -2.55. The Morgan fingerprint density at radius 1 is 1.19 bits per heavy atom. The van der Waals surface area contributed by atoms with Crippen molar-refractivity contribution in [3.05, 3.63) is 59.7 Å². The van der Waals surface area contributed by atoms with Gasteiger partial charge in [0.1, 0.15) is 5.75 Å². The summed E-state index contributed by atoms with van der Waals surface area (Å²) in [6.07, 6.45) is 0.0683. The smallest absolute Gasteiger partial charge is 0.361 e. The Bertz CT molecular complexity index is 1020. The molecule has 2 aromatic carbocycles. The molecule has 0 saturated carbocycles. The van der Waals surface area contributed by atoms with Crippen LogP contribution in [0.15, 0.2) is 48.5 Å². The second-order valence-corrected chi connectivity index (χ2v) is 7.34. The number of benzene rings is 2. The molecule has 0 radical (unpaired) electrons. The van der Waals surface area contributed by atoms with Gasteiger partial charge >= 0.3 is 6.01 Å². The molecule has 3 N–H and O–H groups in total. The molecular weight excluding hydrogens is 398 g/mol. The molecule has 160 valence electrons. The molecule has 10 nitrogen and oxygen atoms in total. The molecular formula is C21H23N7O3. The van der Waals surface area contributed by atoms with Crippen molar-refractivity contribution in [3.63, 3.8) is 0 Å². The largest absolute Gasteiger partial charge is 0.422 e. The lowest BCUT2D eigenvalue weighted by atomic mass is 10.1. The van der Waals surface area contributed by atoms with Crippen LogP contribution in [0.1, 0.15) is 17.5 Å². The van der Waals surface area contributed by atoms with E-state index in [1.807, 2.05) is 24.0 Å². The monoisotopic (exact) mass is 421 g/mol. The van der Waals surface area contributed by atoms with Crippen molar-refractivity contribution in [2.24, 2.45) is 0 Å². The van der Waals surface area contributed by atoms with Crippen LogP contribution in [0, 0.1) is 6.92 Å². The van der Waals surface area contributed by atoms with Crippen molar-refractivity contribution in [2.45, 2.75) is 25.9 Å². The second kappa shape index (κ2) is 9.35. The van der Waals surface area contributed by atoms with Gasteiger partial charge in [0.2, 0.25) is 11.8 Å². The van der Waals surface area contributed by atoms with Crippen LogP contribution in [0.2, 0.25) is 0 Å². The number of amides is 2. The van der Waals surface area contributed by atoms with E-state index >= 15 is 0 Å². The average Bonchev–Trinajstić information content (AvgIpc) is 3.27. The van der Waals surface area contributed by atoms with Gasteiger partial charge in [-0.3, -0.25) is 14.5 Å². The molecule has 1 aliphatic heterocycles. The van der Waals surface area contributed by atoms with Gasteiger partial charge in [-0.2, -0.15) is 5.21 Å². The highest BCUT2D eigenvalue weighted by atomic mass is 16.5. The highest BCUT2D eigenvalue weighted by molar-refractivity contribution is 5.95. The van der Waals surface area contributed by atoms with Crippen LogP contribution in [0.5, 0.6) is 11.8 Å². The van der Waals surface area contributed by atoms with Crippen molar-refractivity contribution >= 4 is 17.5 Å². The van der Waals surface area contributed by atoms with E-state index in [-0.39, 0.29) is 24.2 Å². The van der Waals surface area contributed by atoms with E-state index < -0.39 is 6.04 Å². The summed E-state index contributed by atoms with van der Waals surface area (Å²) in [6, 6.07) is 14.6. The molecule has 0 bridgehead atoms. The van der Waals surface area contributed by atoms with Gasteiger partial charge in [-0.15, -0.1) is 0 Å². The van der Waals surface area contributed by atoms with Crippen molar-refractivity contribution in [2.75, 3.05) is 18.4 Å². The number of anilines is 1. The Balaban J connectivity index is 1.36. The van der Waals surface area contributed by atoms with Crippen molar-refractivity contribution in [3.8, 4) is 11.8 Å². The molecule has 1 atom stereocenters. The molecule has 1 saturated heterocycles. The van der Waals surface area contributed by atoms with Crippen LogP contribution in [0.25, 0.3) is 0 Å². The minimum atomic E-state index is -0.518. The molecule has 3 aromatic rings. The number of nitrogens with zero attached hydrogens (tertiary/aromatic N) is 4. The van der Waals surface area contributed by atoms with Gasteiger partial charge in [0, 0.05) is 25.3 Å². The zero-order chi connectivity index (χ0) is 21.6. The second-order valence-electron chi connectivity index (χ2n) is 7.34. The molecule has 31 heavy (non-hydrogen) atoms. The number of aromatic nitrogens is 4. The fourth-order valence-electron chi connectivity index (χ4n) is 3.40. The molecule has 2 amide bonds. The average molecular weight is 421 g/mol. The molecule has 1 aliphatic rings. The van der Waals surface area contributed by atoms with Gasteiger partial charge in [0.25, 0.3) is 0 Å². The fourth-order valence-corrected chi connectivity index (χ4v) is 3.40. The molecule has 1 fully saturated rings. The number of carbonyl (C=O) groups is 2. The highest BCUT2D eigenvalue weighted by Gasteiger charge is 2.31. The van der Waals surface area contributed by atoms with E-state index in [4.69, 9.17) is 4.74 Å². The minimum Gasteiger partial charge on any atom is -0.422 e. The summed E-state index contributed by atoms with van der Waals surface area (Å²) in [6.45, 7) is 3.92. The molecule has 0 spiro atoms. The Kier molecular flexibility index (Phi) is 6.18. The van der Waals surface area contributed by atoms with Crippen molar-refractivity contribution < 1.29 is 14.3 Å². The fraction of sp³-hybridized carbons (Fsp3) is 0.286. The normalized spacial score (nSPS) is 16.5. The van der Waals surface area contributed by atoms with Gasteiger partial charge in [0.15, 0.2) is 0 Å². The van der Waals surface area contributed by atoms with Gasteiger partial charge < -0.3 is 15.4 Å². The van der Waals surface area contributed by atoms with E-state index in [1.165, 1.54) is 5.56 Å². The minimum absolute atomic E-state index is 0.0683. The van der Waals surface area contributed by atoms with E-state index in [2.05, 4.69) is 43.4 Å². The number of aromatic amines is 1. The number of nitrogens with one attached hydrogen (secondary N) is 3. The first-order valence-corrected chi connectivity index (χ1v) is 9.95. The van der Waals surface area contributed by atoms with Gasteiger partial charge in [-0.25, -0.2) is 0 Å². The van der Waals surface area contributed by atoms with Crippen molar-refractivity contribution in [1.29, 1.82) is 0 Å². The summed E-state index contributed by atoms with van der Waals surface area (Å²) in [4.78, 5) is 27.1. The maximum atomic E-state index is 12.6. The van der Waals surface area contributed by atoms with Crippen LogP contribution in [0.3, 0.4) is 0 Å². The van der Waals surface area contributed by atoms with Crippen LogP contribution in [-0.2, 0) is 16.1 Å². The summed E-state index contributed by atoms with van der Waals surface area (Å²) in [5, 5.41) is 18.8. The zero-order valence-electron chi connectivity index (χ0n) is 17.0. The van der Waals surface area contributed by atoms with Crippen LogP contribution in [0.4, 0.5) is 5.69 Å². The summed E-state index contributed by atoms with van der Waals surface area (Å²) in [5.41, 5.74) is 2.90. The molecule has 0 aliphatic carbocycles. The predicted octanol–water partition coefficient (Wildman–Crippen LogP) is 1.63. The SMILES string of the molecule is Cc1ccc(CN2CCNC(=O)C2CC(=O)Nc2ccc(Oc3nn[nH]n3)cc2)cc1. The summed E-state index contributed by atoms with van der Waals surface area (Å²) >= 11 is 0. The molecule has 1 unspecified atom stereocenters. The maximum absolute atomic E-state index is 12.6. The zero-order valence-corrected chi connectivity index (χ0v) is 17.0. The molecule has 4 rings (SSSR count). The number of rotatable bonds is 7. The predicted molar refractivity (Wildman–Crippen MR) is 112 cm³/mol. The van der Waals surface area contributed by atoms with Crippen LogP contribution >= 0.6 is 0 Å². The number of aryl methyl sites for hydroxylation is 1. The van der Waals surface area contributed by atoms with Crippen LogP contribution in [-0.4, -0.2) is 56.5 Å². The summed E-state index contributed by atoms with van der Waals surface area (Å²) in [5.74, 6) is 0.149. The van der Waals surface area contributed by atoms with E-state index in [1.54, 1.807) is 24.3 Å². The Labute approximate surface area is 179 Å². The lowest BCUT2D eigenvalue weighted by molar-refractivity contribution is -0.132. The standard InChI is InChI=1S/C21H23N7O3/c1-14-2-4-15(5-3-14)13-28-11-10-22-20(30)18(28)12-19(29)23-16-6-8-17(9-7-16)31-21-24-26-27-25-21/h2-9,18H,10-13H2,1H3,(H,22,30)(H,23,29)(H,24,25,26,27). The first kappa shape index (κ1) is 20.5. The number of ether oxygens (including phenoxy) is 1. The summed E-state index contributed by atoms with van der Waals surface area (Å²) in [7, 11) is 0. The number of carbonyl (C=O) groups excluding carboxylic acids is 2. The lowest BCUT2D eigenvalue weighted by Gasteiger charge is -2.34. The third-order valence-corrected chi connectivity index (χ3v) is 5.00. The quantitative estimate of drug-likeness (QED) is 0.529. The number of tetrazole rings is 1.